The molecule has 1 heterocycles. The number of nitrogens with zero attached hydrogens (tertiary/aromatic N) is 2. The van der Waals surface area contributed by atoms with Crippen LogP contribution < -0.4 is 5.32 Å². The molecule has 3 aromatic carbocycles. The number of unbranched alkanes of at least 4 members (excludes halogenated alkanes) is 1. The molecule has 0 bridgehead atoms. The number of hydrogen-bond donors (Lipinski definition) is 1. The smallest absolute Gasteiger partial charge is 0.287 e. The van der Waals surface area contributed by atoms with E-state index in [9.17, 15) is 13.6 Å². The van der Waals surface area contributed by atoms with Crippen LogP contribution in [-0.2, 0) is 6.54 Å². The molecule has 1 N–H and O–H groups in total. The van der Waals surface area contributed by atoms with Gasteiger partial charge in [-0.3, -0.25) is 4.79 Å². The summed E-state index contributed by atoms with van der Waals surface area (Å²) in [7, 11) is 0. The van der Waals surface area contributed by atoms with Crippen molar-refractivity contribution in [2.75, 3.05) is 6.54 Å². The third-order valence-electron chi connectivity index (χ3n) is 6.04. The highest BCUT2D eigenvalue weighted by Crippen LogP contribution is 2.26. The minimum absolute atomic E-state index is 0.231. The quantitative estimate of drug-likeness (QED) is 0.306. The molecule has 4 rings (SSSR count). The molecule has 0 unspecified atom stereocenters. The summed E-state index contributed by atoms with van der Waals surface area (Å²) in [5.74, 6) is -0.130. The Morgan fingerprint density at radius 1 is 0.971 bits per heavy atom. The van der Waals surface area contributed by atoms with Crippen LogP contribution in [0.15, 0.2) is 66.7 Å². The van der Waals surface area contributed by atoms with Gasteiger partial charge in [0.1, 0.15) is 11.6 Å². The third-order valence-corrected chi connectivity index (χ3v) is 6.04. The fraction of sp³-hybridized carbons (Fsp3) is 0.286. The van der Waals surface area contributed by atoms with Gasteiger partial charge >= 0.3 is 0 Å². The number of hydrogen-bond acceptors (Lipinski definition) is 2. The van der Waals surface area contributed by atoms with Crippen LogP contribution >= 0.6 is 0 Å². The van der Waals surface area contributed by atoms with Crippen molar-refractivity contribution in [1.29, 1.82) is 0 Å². The van der Waals surface area contributed by atoms with Crippen molar-refractivity contribution in [2.45, 2.75) is 39.7 Å². The van der Waals surface area contributed by atoms with Gasteiger partial charge in [-0.1, -0.05) is 57.0 Å². The first-order valence-corrected chi connectivity index (χ1v) is 11.7. The molecular weight excluding hydrogens is 432 g/mol. The minimum Gasteiger partial charge on any atom is -0.349 e. The van der Waals surface area contributed by atoms with Gasteiger partial charge in [-0.25, -0.2) is 13.8 Å². The Kier molecular flexibility index (Phi) is 7.36. The van der Waals surface area contributed by atoms with Crippen molar-refractivity contribution < 1.29 is 13.6 Å². The second-order valence-electron chi connectivity index (χ2n) is 8.82. The van der Waals surface area contributed by atoms with Crippen LogP contribution in [0.5, 0.6) is 0 Å². The van der Waals surface area contributed by atoms with Gasteiger partial charge in [0.25, 0.3) is 5.91 Å². The summed E-state index contributed by atoms with van der Waals surface area (Å²) in [5, 5.41) is 3.03. The van der Waals surface area contributed by atoms with Gasteiger partial charge in [-0.05, 0) is 65.4 Å². The van der Waals surface area contributed by atoms with Crippen molar-refractivity contribution in [3.8, 4) is 11.1 Å². The van der Waals surface area contributed by atoms with Crippen molar-refractivity contribution >= 4 is 16.9 Å². The van der Waals surface area contributed by atoms with Crippen LogP contribution in [0.4, 0.5) is 8.78 Å². The second kappa shape index (κ2) is 10.6. The van der Waals surface area contributed by atoms with E-state index in [4.69, 9.17) is 0 Å². The molecule has 0 radical (unpaired) electrons. The predicted octanol–water partition coefficient (Wildman–Crippen LogP) is 6.59. The fourth-order valence-corrected chi connectivity index (χ4v) is 4.06. The summed E-state index contributed by atoms with van der Waals surface area (Å²) in [6.45, 7) is 5.26. The molecule has 6 heteroatoms. The van der Waals surface area contributed by atoms with E-state index in [0.717, 1.165) is 41.5 Å². The van der Waals surface area contributed by atoms with Gasteiger partial charge in [-0.2, -0.15) is 0 Å². The fourth-order valence-electron chi connectivity index (χ4n) is 4.06. The first-order chi connectivity index (χ1) is 16.4. The first kappa shape index (κ1) is 23.6. The molecule has 0 aliphatic heterocycles. The number of rotatable bonds is 9. The number of nitrogens with one attached hydrogen (secondary N) is 1. The number of imidazole rings is 1. The maximum Gasteiger partial charge on any atom is 0.287 e. The van der Waals surface area contributed by atoms with Crippen molar-refractivity contribution in [3.05, 3.63) is 89.8 Å². The summed E-state index contributed by atoms with van der Waals surface area (Å²) in [4.78, 5) is 17.8. The van der Waals surface area contributed by atoms with Crippen LogP contribution in [0.3, 0.4) is 0 Å². The van der Waals surface area contributed by atoms with Crippen LogP contribution in [-0.4, -0.2) is 22.0 Å². The minimum atomic E-state index is -0.304. The van der Waals surface area contributed by atoms with Crippen molar-refractivity contribution in [3.63, 3.8) is 0 Å². The zero-order valence-corrected chi connectivity index (χ0v) is 19.5. The van der Waals surface area contributed by atoms with E-state index in [0.29, 0.717) is 30.3 Å². The standard InChI is InChI=1S/C28H29F2N3O/c1-3-4-5-19(2)17-31-28(34)27-32-25-16-22(21-8-13-24(30)14-9-21)10-15-26(25)33(27)18-20-6-11-23(29)12-7-20/h6-16,19H,3-5,17-18H2,1-2H3,(H,31,34)/t19-/m0/s1. The summed E-state index contributed by atoms with van der Waals surface area (Å²) in [6, 6.07) is 18.3. The Morgan fingerprint density at radius 3 is 2.29 bits per heavy atom. The number of halogens is 2. The molecule has 1 atom stereocenters. The summed E-state index contributed by atoms with van der Waals surface area (Å²) in [5.41, 5.74) is 4.10. The molecule has 0 fully saturated rings. The normalized spacial score (nSPS) is 12.1. The van der Waals surface area contributed by atoms with E-state index < -0.39 is 0 Å². The Labute approximate surface area is 198 Å². The molecule has 0 spiro atoms. The highest BCUT2D eigenvalue weighted by molar-refractivity contribution is 5.95. The number of amides is 1. The summed E-state index contributed by atoms with van der Waals surface area (Å²) < 4.78 is 28.6. The lowest BCUT2D eigenvalue weighted by Gasteiger charge is -2.13. The number of fused-ring (bicyclic) bond motifs is 1. The molecule has 0 aliphatic rings. The molecule has 0 saturated heterocycles. The predicted molar refractivity (Wildman–Crippen MR) is 132 cm³/mol. The molecule has 4 nitrogen and oxygen atoms in total. The second-order valence-corrected chi connectivity index (χ2v) is 8.82. The van der Waals surface area contributed by atoms with Gasteiger partial charge in [0.05, 0.1) is 11.0 Å². The molecule has 0 saturated carbocycles. The number of carbonyl (C=O) groups is 1. The molecule has 0 aliphatic carbocycles. The van der Waals surface area contributed by atoms with Gasteiger partial charge in [0, 0.05) is 13.1 Å². The van der Waals surface area contributed by atoms with Gasteiger partial charge in [-0.15, -0.1) is 0 Å². The van der Waals surface area contributed by atoms with Gasteiger partial charge in [0.15, 0.2) is 5.82 Å². The van der Waals surface area contributed by atoms with E-state index in [2.05, 4.69) is 24.1 Å². The van der Waals surface area contributed by atoms with Crippen molar-refractivity contribution in [2.24, 2.45) is 5.92 Å². The molecular formula is C28H29F2N3O. The maximum atomic E-state index is 13.4. The van der Waals surface area contributed by atoms with Gasteiger partial charge in [0.2, 0.25) is 0 Å². The Balaban J connectivity index is 1.68. The van der Waals surface area contributed by atoms with Crippen LogP contribution in [0.1, 0.15) is 49.3 Å². The Bertz CT molecular complexity index is 1260. The maximum absolute atomic E-state index is 13.4. The third kappa shape index (κ3) is 5.50. The van der Waals surface area contributed by atoms with Crippen LogP contribution in [0, 0.1) is 17.6 Å². The van der Waals surface area contributed by atoms with E-state index in [1.165, 1.54) is 24.3 Å². The lowest BCUT2D eigenvalue weighted by molar-refractivity contribution is 0.0933. The molecule has 1 aromatic heterocycles. The van der Waals surface area contributed by atoms with E-state index in [-0.39, 0.29) is 17.5 Å². The molecule has 176 valence electrons. The number of aromatic nitrogens is 2. The Morgan fingerprint density at radius 2 is 1.62 bits per heavy atom. The van der Waals surface area contributed by atoms with E-state index in [1.54, 1.807) is 24.3 Å². The number of benzene rings is 3. The van der Waals surface area contributed by atoms with Gasteiger partial charge < -0.3 is 9.88 Å². The molecule has 1 amide bonds. The topological polar surface area (TPSA) is 46.9 Å². The van der Waals surface area contributed by atoms with E-state index in [1.807, 2.05) is 22.8 Å². The molecule has 4 aromatic rings. The Hall–Kier alpha value is -3.54. The zero-order chi connectivity index (χ0) is 24.1. The SMILES string of the molecule is CCCC[C@H](C)CNC(=O)c1nc2cc(-c3ccc(F)cc3)ccc2n1Cc1ccc(F)cc1. The lowest BCUT2D eigenvalue weighted by Crippen LogP contribution is -2.30. The molecule has 34 heavy (non-hydrogen) atoms. The number of carbonyl (C=O) groups excluding carboxylic acids is 1. The summed E-state index contributed by atoms with van der Waals surface area (Å²) >= 11 is 0. The first-order valence-electron chi connectivity index (χ1n) is 11.7. The van der Waals surface area contributed by atoms with Crippen LogP contribution in [0.2, 0.25) is 0 Å². The lowest BCUT2D eigenvalue weighted by atomic mass is 10.0. The highest BCUT2D eigenvalue weighted by atomic mass is 19.1. The van der Waals surface area contributed by atoms with Crippen molar-refractivity contribution in [1.82, 2.24) is 14.9 Å². The monoisotopic (exact) mass is 461 g/mol. The average molecular weight is 462 g/mol. The zero-order valence-electron chi connectivity index (χ0n) is 19.5. The largest absolute Gasteiger partial charge is 0.349 e. The van der Waals surface area contributed by atoms with Crippen LogP contribution in [0.25, 0.3) is 22.2 Å². The summed E-state index contributed by atoms with van der Waals surface area (Å²) in [6.07, 6.45) is 3.32. The average Bonchev–Trinajstić information content (AvgIpc) is 3.20. The van der Waals surface area contributed by atoms with E-state index >= 15 is 0 Å². The highest BCUT2D eigenvalue weighted by Gasteiger charge is 2.19.